The number of hydrogen-bond acceptors (Lipinski definition) is 3. The minimum atomic E-state index is 0.674. The molecule has 4 heteroatoms. The quantitative estimate of drug-likeness (QED) is 0.779. The molecule has 1 aliphatic rings. The topological polar surface area (TPSA) is 22.1 Å². The highest BCUT2D eigenvalue weighted by Gasteiger charge is 2.04. The third-order valence-electron chi connectivity index (χ3n) is 1.18. The summed E-state index contributed by atoms with van der Waals surface area (Å²) in [5.74, 6) is 0.867. The number of aromatic nitrogens is 1. The molecule has 0 atom stereocenters. The van der Waals surface area contributed by atoms with Crippen LogP contribution in [0.2, 0.25) is 0 Å². The monoisotopic (exact) mass is 229 g/mol. The molecule has 0 saturated heterocycles. The molecule has 1 aromatic heterocycles. The molecule has 0 saturated carbocycles. The standard InChI is InChI=1S/C7H4BrNOS/c8-6-4-11-7(9-6)10-5-2-1-3-5/h1-4H. The lowest BCUT2D eigenvalue weighted by Gasteiger charge is -2.04. The molecular formula is C7H4BrNOS. The van der Waals surface area contributed by atoms with Crippen LogP contribution in [0.3, 0.4) is 0 Å². The average Bonchev–Trinajstić information content (AvgIpc) is 2.27. The molecule has 0 amide bonds. The van der Waals surface area contributed by atoms with Gasteiger partial charge in [-0.1, -0.05) is 17.4 Å². The van der Waals surface area contributed by atoms with E-state index >= 15 is 0 Å². The van der Waals surface area contributed by atoms with E-state index in [9.17, 15) is 0 Å². The number of allylic oxidation sites excluding steroid dienone is 3. The SMILES string of the molecule is Brc1csc(OC2=CC=C2)n1. The maximum atomic E-state index is 5.32. The minimum absolute atomic E-state index is 0.674. The summed E-state index contributed by atoms with van der Waals surface area (Å²) in [4.78, 5) is 4.07. The summed E-state index contributed by atoms with van der Waals surface area (Å²) in [7, 11) is 0. The van der Waals surface area contributed by atoms with Crippen molar-refractivity contribution in [1.29, 1.82) is 0 Å². The first-order valence-corrected chi connectivity index (χ1v) is 4.69. The van der Waals surface area contributed by atoms with E-state index in [4.69, 9.17) is 4.74 Å². The Labute approximate surface area is 76.3 Å². The summed E-state index contributed by atoms with van der Waals surface area (Å²) in [5.41, 5.74) is 0. The Morgan fingerprint density at radius 1 is 1.55 bits per heavy atom. The number of rotatable bonds is 2. The van der Waals surface area contributed by atoms with Crippen LogP contribution < -0.4 is 4.74 Å². The fourth-order valence-electron chi connectivity index (χ4n) is 0.629. The van der Waals surface area contributed by atoms with Gasteiger partial charge in [0.05, 0.1) is 0 Å². The summed E-state index contributed by atoms with van der Waals surface area (Å²) in [6.07, 6.45) is 5.72. The van der Waals surface area contributed by atoms with Crippen LogP contribution in [0.25, 0.3) is 0 Å². The Balaban J connectivity index is 2.06. The molecular weight excluding hydrogens is 226 g/mol. The number of hydrogen-bond donors (Lipinski definition) is 0. The van der Waals surface area contributed by atoms with Crippen molar-refractivity contribution < 1.29 is 4.74 Å². The Morgan fingerprint density at radius 2 is 2.36 bits per heavy atom. The normalized spacial score (nSPS) is 14.1. The Morgan fingerprint density at radius 3 is 2.82 bits per heavy atom. The van der Waals surface area contributed by atoms with E-state index in [-0.39, 0.29) is 0 Å². The van der Waals surface area contributed by atoms with Crippen LogP contribution in [0.15, 0.2) is 34.0 Å². The number of halogens is 1. The smallest absolute Gasteiger partial charge is 0.279 e. The summed E-state index contributed by atoms with van der Waals surface area (Å²) in [5, 5.41) is 2.56. The van der Waals surface area contributed by atoms with Crippen LogP contribution in [-0.4, -0.2) is 4.98 Å². The van der Waals surface area contributed by atoms with Crippen LogP contribution in [0.1, 0.15) is 0 Å². The molecule has 0 bridgehead atoms. The second-order valence-electron chi connectivity index (χ2n) is 1.97. The largest absolute Gasteiger partial charge is 0.431 e. The second kappa shape index (κ2) is 2.79. The van der Waals surface area contributed by atoms with Crippen molar-refractivity contribution in [3.8, 4) is 5.19 Å². The molecule has 0 fully saturated rings. The first-order valence-electron chi connectivity index (χ1n) is 3.02. The summed E-state index contributed by atoms with van der Waals surface area (Å²) < 4.78 is 6.14. The molecule has 2 rings (SSSR count). The van der Waals surface area contributed by atoms with Gasteiger partial charge in [-0.15, -0.1) is 0 Å². The minimum Gasteiger partial charge on any atom is -0.431 e. The Bertz CT molecular complexity index is 329. The van der Waals surface area contributed by atoms with Gasteiger partial charge in [-0.3, -0.25) is 0 Å². The molecule has 1 heterocycles. The highest BCUT2D eigenvalue weighted by atomic mass is 79.9. The molecule has 0 radical (unpaired) electrons. The van der Waals surface area contributed by atoms with Gasteiger partial charge in [0.25, 0.3) is 5.19 Å². The predicted molar refractivity (Wildman–Crippen MR) is 47.7 cm³/mol. The van der Waals surface area contributed by atoms with E-state index < -0.39 is 0 Å². The molecule has 56 valence electrons. The summed E-state index contributed by atoms with van der Waals surface area (Å²) >= 11 is 4.72. The zero-order chi connectivity index (χ0) is 7.68. The molecule has 0 N–H and O–H groups in total. The summed E-state index contributed by atoms with van der Waals surface area (Å²) in [6, 6.07) is 0. The number of nitrogens with zero attached hydrogens (tertiary/aromatic N) is 1. The Hall–Kier alpha value is -0.610. The highest BCUT2D eigenvalue weighted by Crippen LogP contribution is 2.24. The van der Waals surface area contributed by atoms with Gasteiger partial charge in [-0.05, 0) is 28.1 Å². The van der Waals surface area contributed by atoms with Crippen molar-refractivity contribution in [1.82, 2.24) is 4.98 Å². The highest BCUT2D eigenvalue weighted by molar-refractivity contribution is 9.10. The van der Waals surface area contributed by atoms with Crippen molar-refractivity contribution in [3.63, 3.8) is 0 Å². The van der Waals surface area contributed by atoms with Gasteiger partial charge < -0.3 is 4.74 Å². The van der Waals surface area contributed by atoms with Crippen molar-refractivity contribution in [3.05, 3.63) is 34.0 Å². The van der Waals surface area contributed by atoms with E-state index in [1.165, 1.54) is 11.3 Å². The van der Waals surface area contributed by atoms with E-state index in [0.29, 0.717) is 5.19 Å². The van der Waals surface area contributed by atoms with Crippen molar-refractivity contribution in [2.45, 2.75) is 0 Å². The van der Waals surface area contributed by atoms with E-state index in [0.717, 1.165) is 10.4 Å². The molecule has 0 aromatic carbocycles. The van der Waals surface area contributed by atoms with Crippen LogP contribution in [-0.2, 0) is 0 Å². The lowest BCUT2D eigenvalue weighted by atomic mass is 10.3. The molecule has 0 unspecified atom stereocenters. The average molecular weight is 230 g/mol. The Kier molecular flexibility index (Phi) is 1.79. The van der Waals surface area contributed by atoms with Gasteiger partial charge in [-0.2, -0.15) is 4.98 Å². The first kappa shape index (κ1) is 7.06. The van der Waals surface area contributed by atoms with Gasteiger partial charge in [0, 0.05) is 5.38 Å². The van der Waals surface area contributed by atoms with Crippen molar-refractivity contribution in [2.75, 3.05) is 0 Å². The van der Waals surface area contributed by atoms with Crippen LogP contribution >= 0.6 is 27.3 Å². The maximum absolute atomic E-state index is 5.32. The zero-order valence-corrected chi connectivity index (χ0v) is 7.85. The van der Waals surface area contributed by atoms with Crippen molar-refractivity contribution in [2.24, 2.45) is 0 Å². The molecule has 0 aliphatic heterocycles. The summed E-state index contributed by atoms with van der Waals surface area (Å²) in [6.45, 7) is 0. The number of thiazole rings is 1. The third-order valence-corrected chi connectivity index (χ3v) is 2.61. The fraction of sp³-hybridized carbons (Fsp3) is 0. The van der Waals surface area contributed by atoms with E-state index in [2.05, 4.69) is 20.9 Å². The van der Waals surface area contributed by atoms with Gasteiger partial charge in [-0.25, -0.2) is 0 Å². The third kappa shape index (κ3) is 1.52. The fourth-order valence-corrected chi connectivity index (χ4v) is 1.73. The van der Waals surface area contributed by atoms with Crippen LogP contribution in [0.5, 0.6) is 5.19 Å². The number of ether oxygens (including phenoxy) is 1. The van der Waals surface area contributed by atoms with Gasteiger partial charge in [0.15, 0.2) is 0 Å². The molecule has 2 nitrogen and oxygen atoms in total. The first-order chi connectivity index (χ1) is 5.34. The molecule has 0 spiro atoms. The van der Waals surface area contributed by atoms with E-state index in [1.54, 1.807) is 0 Å². The van der Waals surface area contributed by atoms with Gasteiger partial charge in [0.2, 0.25) is 0 Å². The predicted octanol–water partition coefficient (Wildman–Crippen LogP) is 2.74. The lowest BCUT2D eigenvalue weighted by Crippen LogP contribution is -1.95. The van der Waals surface area contributed by atoms with Crippen LogP contribution in [0.4, 0.5) is 0 Å². The lowest BCUT2D eigenvalue weighted by molar-refractivity contribution is 0.436. The molecule has 1 aliphatic carbocycles. The van der Waals surface area contributed by atoms with Gasteiger partial charge >= 0.3 is 0 Å². The van der Waals surface area contributed by atoms with E-state index in [1.807, 2.05) is 23.6 Å². The van der Waals surface area contributed by atoms with Gasteiger partial charge in [0.1, 0.15) is 10.4 Å². The second-order valence-corrected chi connectivity index (χ2v) is 3.60. The maximum Gasteiger partial charge on any atom is 0.279 e. The molecule has 11 heavy (non-hydrogen) atoms. The molecule has 1 aromatic rings. The van der Waals surface area contributed by atoms with Crippen LogP contribution in [0, 0.1) is 0 Å². The van der Waals surface area contributed by atoms with Crippen molar-refractivity contribution >= 4 is 27.3 Å². The zero-order valence-electron chi connectivity index (χ0n) is 5.45.